The Bertz CT molecular complexity index is 529. The first-order valence-corrected chi connectivity index (χ1v) is 6.28. The van der Waals surface area contributed by atoms with Crippen molar-refractivity contribution in [3.8, 4) is 11.6 Å². The molecule has 0 aliphatic rings. The van der Waals surface area contributed by atoms with Gasteiger partial charge in [-0.15, -0.1) is 0 Å². The summed E-state index contributed by atoms with van der Waals surface area (Å²) in [6.45, 7) is 3.35. The summed E-state index contributed by atoms with van der Waals surface area (Å²) in [5, 5.41) is 3.26. The van der Waals surface area contributed by atoms with Crippen molar-refractivity contribution < 1.29 is 9.47 Å². The summed E-state index contributed by atoms with van der Waals surface area (Å²) in [5.41, 5.74) is 1.15. The van der Waals surface area contributed by atoms with Crippen LogP contribution < -0.4 is 14.8 Å². The van der Waals surface area contributed by atoms with Crippen molar-refractivity contribution in [3.63, 3.8) is 0 Å². The second-order valence-corrected chi connectivity index (χ2v) is 4.00. The third-order valence-electron chi connectivity index (χ3n) is 2.62. The van der Waals surface area contributed by atoms with Gasteiger partial charge in [0.05, 0.1) is 13.7 Å². The minimum absolute atomic E-state index is 0.605. The number of nitrogens with zero attached hydrogens (tertiary/aromatic N) is 1. The fourth-order valence-electron chi connectivity index (χ4n) is 1.73. The smallest absolute Gasteiger partial charge is 0.214 e. The second-order valence-electron chi connectivity index (χ2n) is 4.00. The molecule has 1 N–H and O–H groups in total. The van der Waals surface area contributed by atoms with E-state index >= 15 is 0 Å². The normalized spacial score (nSPS) is 10.0. The van der Waals surface area contributed by atoms with Crippen molar-refractivity contribution >= 4 is 5.82 Å². The molecule has 0 amide bonds. The molecule has 0 unspecified atom stereocenters. The first-order chi connectivity index (χ1) is 9.31. The standard InChI is InChI=1S/C15H18N2O2/c1-3-19-13-7-4-6-12(10-13)11-16-14-8-5-9-15(17-14)18-2/h4-10H,3,11H2,1-2H3,(H,16,17). The Labute approximate surface area is 113 Å². The number of pyridine rings is 1. The van der Waals surface area contributed by atoms with Gasteiger partial charge in [0, 0.05) is 12.6 Å². The Kier molecular flexibility index (Phi) is 4.61. The summed E-state index contributed by atoms with van der Waals surface area (Å²) < 4.78 is 10.6. The first kappa shape index (κ1) is 13.2. The largest absolute Gasteiger partial charge is 0.494 e. The highest BCUT2D eigenvalue weighted by Crippen LogP contribution is 2.15. The molecule has 0 bridgehead atoms. The zero-order valence-corrected chi connectivity index (χ0v) is 11.2. The van der Waals surface area contributed by atoms with Gasteiger partial charge >= 0.3 is 0 Å². The number of anilines is 1. The topological polar surface area (TPSA) is 43.4 Å². The molecular weight excluding hydrogens is 240 g/mol. The van der Waals surface area contributed by atoms with E-state index in [0.29, 0.717) is 19.0 Å². The molecule has 100 valence electrons. The molecule has 0 saturated heterocycles. The van der Waals surface area contributed by atoms with E-state index in [0.717, 1.165) is 17.1 Å². The van der Waals surface area contributed by atoms with Crippen molar-refractivity contribution in [2.24, 2.45) is 0 Å². The number of hydrogen-bond donors (Lipinski definition) is 1. The van der Waals surface area contributed by atoms with Crippen molar-refractivity contribution in [3.05, 3.63) is 48.0 Å². The molecular formula is C15H18N2O2. The van der Waals surface area contributed by atoms with Crippen LogP contribution in [-0.2, 0) is 6.54 Å². The van der Waals surface area contributed by atoms with E-state index < -0.39 is 0 Å². The Morgan fingerprint density at radius 2 is 2.00 bits per heavy atom. The van der Waals surface area contributed by atoms with E-state index in [-0.39, 0.29) is 0 Å². The summed E-state index contributed by atoms with van der Waals surface area (Å²) in [4.78, 5) is 4.30. The molecule has 0 fully saturated rings. The number of rotatable bonds is 6. The van der Waals surface area contributed by atoms with Gasteiger partial charge in [0.25, 0.3) is 0 Å². The van der Waals surface area contributed by atoms with Gasteiger partial charge in [-0.1, -0.05) is 18.2 Å². The maximum Gasteiger partial charge on any atom is 0.214 e. The Balaban J connectivity index is 1.99. The summed E-state index contributed by atoms with van der Waals surface area (Å²) in [6, 6.07) is 13.7. The van der Waals surface area contributed by atoms with Gasteiger partial charge in [-0.3, -0.25) is 0 Å². The van der Waals surface area contributed by atoms with Crippen LogP contribution in [0.15, 0.2) is 42.5 Å². The molecule has 4 heteroatoms. The van der Waals surface area contributed by atoms with Gasteiger partial charge in [0.15, 0.2) is 0 Å². The molecule has 0 aliphatic heterocycles. The highest BCUT2D eigenvalue weighted by Gasteiger charge is 1.99. The van der Waals surface area contributed by atoms with Crippen LogP contribution in [0.3, 0.4) is 0 Å². The number of benzene rings is 1. The molecule has 1 heterocycles. The highest BCUT2D eigenvalue weighted by atomic mass is 16.5. The van der Waals surface area contributed by atoms with Gasteiger partial charge in [-0.05, 0) is 30.7 Å². The minimum atomic E-state index is 0.605. The average Bonchev–Trinajstić information content (AvgIpc) is 2.46. The molecule has 19 heavy (non-hydrogen) atoms. The SMILES string of the molecule is CCOc1cccc(CNc2cccc(OC)n2)c1. The lowest BCUT2D eigenvalue weighted by Crippen LogP contribution is -2.02. The summed E-state index contributed by atoms with van der Waals surface area (Å²) in [5.74, 6) is 2.29. The predicted molar refractivity (Wildman–Crippen MR) is 75.7 cm³/mol. The lowest BCUT2D eigenvalue weighted by atomic mass is 10.2. The van der Waals surface area contributed by atoms with Gasteiger partial charge in [0.2, 0.25) is 5.88 Å². The Hall–Kier alpha value is -2.23. The van der Waals surface area contributed by atoms with Crippen molar-refractivity contribution in [2.45, 2.75) is 13.5 Å². The van der Waals surface area contributed by atoms with Gasteiger partial charge in [-0.2, -0.15) is 4.98 Å². The molecule has 0 saturated carbocycles. The van der Waals surface area contributed by atoms with Crippen molar-refractivity contribution in [1.82, 2.24) is 4.98 Å². The summed E-state index contributed by atoms with van der Waals surface area (Å²) in [7, 11) is 1.61. The zero-order chi connectivity index (χ0) is 13.5. The number of methoxy groups -OCH3 is 1. The molecule has 4 nitrogen and oxygen atoms in total. The third-order valence-corrected chi connectivity index (χ3v) is 2.62. The summed E-state index contributed by atoms with van der Waals surface area (Å²) in [6.07, 6.45) is 0. The number of nitrogens with one attached hydrogen (secondary N) is 1. The maximum absolute atomic E-state index is 5.47. The van der Waals surface area contributed by atoms with E-state index in [1.165, 1.54) is 0 Å². The molecule has 0 radical (unpaired) electrons. The maximum atomic E-state index is 5.47. The third kappa shape index (κ3) is 3.88. The molecule has 0 spiro atoms. The molecule has 2 rings (SSSR count). The molecule has 0 aliphatic carbocycles. The Morgan fingerprint density at radius 3 is 2.79 bits per heavy atom. The van der Waals surface area contributed by atoms with E-state index in [4.69, 9.17) is 9.47 Å². The average molecular weight is 258 g/mol. The lowest BCUT2D eigenvalue weighted by Gasteiger charge is -2.08. The van der Waals surface area contributed by atoms with Gasteiger partial charge < -0.3 is 14.8 Å². The van der Waals surface area contributed by atoms with Crippen LogP contribution >= 0.6 is 0 Å². The molecule has 0 atom stereocenters. The second kappa shape index (κ2) is 6.64. The minimum Gasteiger partial charge on any atom is -0.494 e. The van der Waals surface area contributed by atoms with Crippen LogP contribution in [0.4, 0.5) is 5.82 Å². The molecule has 1 aromatic carbocycles. The van der Waals surface area contributed by atoms with Crippen LogP contribution in [0.25, 0.3) is 0 Å². The fourth-order valence-corrected chi connectivity index (χ4v) is 1.73. The van der Waals surface area contributed by atoms with Crippen LogP contribution in [0.2, 0.25) is 0 Å². The quantitative estimate of drug-likeness (QED) is 0.864. The first-order valence-electron chi connectivity index (χ1n) is 6.28. The van der Waals surface area contributed by atoms with Crippen LogP contribution in [0.5, 0.6) is 11.6 Å². The van der Waals surface area contributed by atoms with Crippen molar-refractivity contribution in [1.29, 1.82) is 0 Å². The molecule has 2 aromatic rings. The fraction of sp³-hybridized carbons (Fsp3) is 0.267. The van der Waals surface area contributed by atoms with E-state index in [2.05, 4.69) is 16.4 Å². The summed E-state index contributed by atoms with van der Waals surface area (Å²) >= 11 is 0. The lowest BCUT2D eigenvalue weighted by molar-refractivity contribution is 0.340. The molecule has 1 aromatic heterocycles. The van der Waals surface area contributed by atoms with E-state index in [9.17, 15) is 0 Å². The highest BCUT2D eigenvalue weighted by molar-refractivity contribution is 5.39. The van der Waals surface area contributed by atoms with Crippen LogP contribution in [0.1, 0.15) is 12.5 Å². The number of ether oxygens (including phenoxy) is 2. The van der Waals surface area contributed by atoms with Gasteiger partial charge in [0.1, 0.15) is 11.6 Å². The van der Waals surface area contributed by atoms with E-state index in [1.807, 2.05) is 43.3 Å². The number of aromatic nitrogens is 1. The Morgan fingerprint density at radius 1 is 1.16 bits per heavy atom. The monoisotopic (exact) mass is 258 g/mol. The van der Waals surface area contributed by atoms with E-state index in [1.54, 1.807) is 7.11 Å². The van der Waals surface area contributed by atoms with Gasteiger partial charge in [-0.25, -0.2) is 0 Å². The number of hydrogen-bond acceptors (Lipinski definition) is 4. The predicted octanol–water partition coefficient (Wildman–Crippen LogP) is 3.10. The van der Waals surface area contributed by atoms with Crippen LogP contribution in [0, 0.1) is 0 Å². The van der Waals surface area contributed by atoms with Crippen molar-refractivity contribution in [2.75, 3.05) is 19.0 Å². The van der Waals surface area contributed by atoms with Crippen LogP contribution in [-0.4, -0.2) is 18.7 Å². The zero-order valence-electron chi connectivity index (χ0n) is 11.2.